The van der Waals surface area contributed by atoms with Crippen molar-refractivity contribution in [2.75, 3.05) is 13.1 Å². The molecular weight excluding hydrogens is 310 g/mol. The van der Waals surface area contributed by atoms with Crippen molar-refractivity contribution >= 4 is 5.96 Å². The molecule has 25 heavy (non-hydrogen) atoms. The quantitative estimate of drug-likeness (QED) is 0.452. The fourth-order valence-electron chi connectivity index (χ4n) is 3.47. The Balaban J connectivity index is 1.90. The Labute approximate surface area is 153 Å². The summed E-state index contributed by atoms with van der Waals surface area (Å²) in [6.45, 7) is 10.3. The minimum absolute atomic E-state index is 0.313. The van der Waals surface area contributed by atoms with Gasteiger partial charge < -0.3 is 10.6 Å². The van der Waals surface area contributed by atoms with Crippen molar-refractivity contribution in [2.45, 2.75) is 72.3 Å². The number of allylic oxidation sites excluding steroid dienone is 1. The Hall–Kier alpha value is -1.78. The van der Waals surface area contributed by atoms with Crippen LogP contribution in [0, 0.1) is 13.8 Å². The lowest BCUT2D eigenvalue weighted by molar-refractivity contribution is 0.633. The fourth-order valence-corrected chi connectivity index (χ4v) is 3.47. The van der Waals surface area contributed by atoms with Gasteiger partial charge >= 0.3 is 0 Å². The second-order valence-electron chi connectivity index (χ2n) is 7.14. The maximum Gasteiger partial charge on any atom is 0.191 e. The van der Waals surface area contributed by atoms with Gasteiger partial charge in [0, 0.05) is 31.9 Å². The zero-order valence-corrected chi connectivity index (χ0v) is 16.7. The first-order valence-corrected chi connectivity index (χ1v) is 9.73. The van der Waals surface area contributed by atoms with E-state index in [-0.39, 0.29) is 0 Å². The molecule has 0 bridgehead atoms. The number of hydrogen-bond donors (Lipinski definition) is 2. The molecule has 2 N–H and O–H groups in total. The van der Waals surface area contributed by atoms with Gasteiger partial charge in [-0.15, -0.1) is 0 Å². The summed E-state index contributed by atoms with van der Waals surface area (Å²) in [7, 11) is 2.01. The Bertz CT molecular complexity index is 612. The molecule has 0 aliphatic heterocycles. The SMILES string of the molecule is CCNC(=NCCC1=CCCCC1)NC(C)Cc1c(C)nn(C)c1C. The van der Waals surface area contributed by atoms with Crippen LogP contribution in [0.3, 0.4) is 0 Å². The summed E-state index contributed by atoms with van der Waals surface area (Å²) in [6, 6.07) is 0.313. The first kappa shape index (κ1) is 19.5. The molecule has 0 amide bonds. The van der Waals surface area contributed by atoms with Gasteiger partial charge in [-0.3, -0.25) is 9.67 Å². The van der Waals surface area contributed by atoms with Crippen LogP contribution in [0.4, 0.5) is 0 Å². The van der Waals surface area contributed by atoms with E-state index in [1.165, 1.54) is 36.9 Å². The van der Waals surface area contributed by atoms with Crippen molar-refractivity contribution in [3.05, 3.63) is 28.6 Å². The monoisotopic (exact) mass is 345 g/mol. The molecule has 1 heterocycles. The summed E-state index contributed by atoms with van der Waals surface area (Å²) in [5, 5.41) is 11.4. The van der Waals surface area contributed by atoms with Gasteiger partial charge in [0.2, 0.25) is 0 Å². The van der Waals surface area contributed by atoms with E-state index in [1.54, 1.807) is 5.57 Å². The Kier molecular flexibility index (Phi) is 7.53. The standard InChI is InChI=1S/C20H35N5/c1-6-21-20(22-13-12-18-10-8-7-9-11-18)23-15(2)14-19-16(3)24-25(5)17(19)4/h10,15H,6-9,11-14H2,1-5H3,(H2,21,22,23). The normalized spacial score (nSPS) is 16.5. The summed E-state index contributed by atoms with van der Waals surface area (Å²) >= 11 is 0. The highest BCUT2D eigenvalue weighted by Crippen LogP contribution is 2.19. The van der Waals surface area contributed by atoms with Gasteiger partial charge in [-0.2, -0.15) is 5.10 Å². The smallest absolute Gasteiger partial charge is 0.191 e. The summed E-state index contributed by atoms with van der Waals surface area (Å²) in [4.78, 5) is 4.77. The van der Waals surface area contributed by atoms with Crippen molar-refractivity contribution < 1.29 is 0 Å². The number of rotatable bonds is 7. The molecule has 140 valence electrons. The van der Waals surface area contributed by atoms with Crippen molar-refractivity contribution in [1.82, 2.24) is 20.4 Å². The average molecular weight is 346 g/mol. The van der Waals surface area contributed by atoms with E-state index in [2.05, 4.69) is 49.5 Å². The average Bonchev–Trinajstić information content (AvgIpc) is 2.82. The molecule has 5 nitrogen and oxygen atoms in total. The third kappa shape index (κ3) is 5.91. The van der Waals surface area contributed by atoms with Crippen LogP contribution in [0.2, 0.25) is 0 Å². The maximum atomic E-state index is 4.77. The van der Waals surface area contributed by atoms with E-state index in [0.717, 1.165) is 37.6 Å². The number of aliphatic imine (C=N–C) groups is 1. The van der Waals surface area contributed by atoms with Crippen LogP contribution < -0.4 is 10.6 Å². The number of nitrogens with zero attached hydrogens (tertiary/aromatic N) is 3. The van der Waals surface area contributed by atoms with Gasteiger partial charge in [-0.1, -0.05) is 11.6 Å². The van der Waals surface area contributed by atoms with Crippen LogP contribution in [0.1, 0.15) is 62.9 Å². The lowest BCUT2D eigenvalue weighted by Gasteiger charge is -2.18. The molecule has 0 saturated heterocycles. The highest BCUT2D eigenvalue weighted by atomic mass is 15.3. The number of aryl methyl sites for hydroxylation is 2. The van der Waals surface area contributed by atoms with E-state index < -0.39 is 0 Å². The van der Waals surface area contributed by atoms with Crippen molar-refractivity contribution in [3.8, 4) is 0 Å². The predicted octanol–water partition coefficient (Wildman–Crippen LogP) is 3.41. The van der Waals surface area contributed by atoms with Crippen LogP contribution in [0.15, 0.2) is 16.6 Å². The van der Waals surface area contributed by atoms with Crippen LogP contribution in [0.5, 0.6) is 0 Å². The second kappa shape index (κ2) is 9.64. The Morgan fingerprint density at radius 3 is 2.76 bits per heavy atom. The molecule has 0 fully saturated rings. The first-order chi connectivity index (χ1) is 12.0. The third-order valence-corrected chi connectivity index (χ3v) is 4.98. The van der Waals surface area contributed by atoms with E-state index in [4.69, 9.17) is 4.99 Å². The minimum atomic E-state index is 0.313. The lowest BCUT2D eigenvalue weighted by Crippen LogP contribution is -2.43. The minimum Gasteiger partial charge on any atom is -0.357 e. The van der Waals surface area contributed by atoms with Gasteiger partial charge in [0.05, 0.1) is 5.69 Å². The zero-order valence-electron chi connectivity index (χ0n) is 16.7. The second-order valence-corrected chi connectivity index (χ2v) is 7.14. The van der Waals surface area contributed by atoms with E-state index in [0.29, 0.717) is 6.04 Å². The first-order valence-electron chi connectivity index (χ1n) is 9.73. The topological polar surface area (TPSA) is 54.2 Å². The number of guanidine groups is 1. The van der Waals surface area contributed by atoms with E-state index in [1.807, 2.05) is 11.7 Å². The van der Waals surface area contributed by atoms with E-state index in [9.17, 15) is 0 Å². The summed E-state index contributed by atoms with van der Waals surface area (Å²) in [5.41, 5.74) is 5.29. The molecule has 1 aliphatic carbocycles. The molecule has 5 heteroatoms. The molecule has 2 rings (SSSR count). The third-order valence-electron chi connectivity index (χ3n) is 4.98. The highest BCUT2D eigenvalue weighted by molar-refractivity contribution is 5.80. The van der Waals surface area contributed by atoms with Crippen LogP contribution in [0.25, 0.3) is 0 Å². The Morgan fingerprint density at radius 1 is 1.36 bits per heavy atom. The van der Waals surface area contributed by atoms with Crippen molar-refractivity contribution in [1.29, 1.82) is 0 Å². The van der Waals surface area contributed by atoms with Crippen molar-refractivity contribution in [2.24, 2.45) is 12.0 Å². The maximum absolute atomic E-state index is 4.77. The van der Waals surface area contributed by atoms with Crippen molar-refractivity contribution in [3.63, 3.8) is 0 Å². The molecule has 0 radical (unpaired) electrons. The van der Waals surface area contributed by atoms with E-state index >= 15 is 0 Å². The largest absolute Gasteiger partial charge is 0.357 e. The molecule has 1 unspecified atom stereocenters. The molecule has 0 aromatic carbocycles. The molecule has 1 aliphatic rings. The summed E-state index contributed by atoms with van der Waals surface area (Å²) in [6.07, 6.45) is 9.66. The van der Waals surface area contributed by atoms with Gasteiger partial charge in [0.25, 0.3) is 0 Å². The molecule has 0 spiro atoms. The fraction of sp³-hybridized carbons (Fsp3) is 0.700. The molecular formula is C20H35N5. The van der Waals surface area contributed by atoms with Gasteiger partial charge in [-0.05, 0) is 71.8 Å². The van der Waals surface area contributed by atoms with Crippen LogP contribution in [-0.2, 0) is 13.5 Å². The predicted molar refractivity (Wildman–Crippen MR) is 106 cm³/mol. The molecule has 1 aromatic heterocycles. The molecule has 1 atom stereocenters. The Morgan fingerprint density at radius 2 is 2.16 bits per heavy atom. The number of aromatic nitrogens is 2. The summed E-state index contributed by atoms with van der Waals surface area (Å²) in [5.74, 6) is 0.922. The summed E-state index contributed by atoms with van der Waals surface area (Å²) < 4.78 is 1.97. The van der Waals surface area contributed by atoms with Crippen LogP contribution >= 0.6 is 0 Å². The highest BCUT2D eigenvalue weighted by Gasteiger charge is 2.14. The lowest BCUT2D eigenvalue weighted by atomic mass is 9.97. The molecule has 0 saturated carbocycles. The van der Waals surface area contributed by atoms with Crippen LogP contribution in [-0.4, -0.2) is 34.9 Å². The van der Waals surface area contributed by atoms with Gasteiger partial charge in [0.1, 0.15) is 0 Å². The van der Waals surface area contributed by atoms with Gasteiger partial charge in [-0.25, -0.2) is 0 Å². The number of nitrogens with one attached hydrogen (secondary N) is 2. The zero-order chi connectivity index (χ0) is 18.2. The number of hydrogen-bond acceptors (Lipinski definition) is 2. The molecule has 1 aromatic rings. The van der Waals surface area contributed by atoms with Gasteiger partial charge in [0.15, 0.2) is 5.96 Å².